The Labute approximate surface area is 179 Å². The van der Waals surface area contributed by atoms with Crippen molar-refractivity contribution >= 4 is 86.7 Å². The number of amides is 1. The van der Waals surface area contributed by atoms with Crippen molar-refractivity contribution in [2.45, 2.75) is 6.61 Å². The summed E-state index contributed by atoms with van der Waals surface area (Å²) in [7, 11) is 0. The summed E-state index contributed by atoms with van der Waals surface area (Å²) in [5.41, 5.74) is 1.49. The van der Waals surface area contributed by atoms with Gasteiger partial charge in [-0.3, -0.25) is 4.79 Å². The molecule has 3 rings (SSSR count). The smallest absolute Gasteiger partial charge is 0.263 e. The highest BCUT2D eigenvalue weighted by atomic mass is 35.5. The third-order valence-corrected chi connectivity index (χ3v) is 5.79. The number of thioether (sulfide) groups is 1. The van der Waals surface area contributed by atoms with Crippen LogP contribution in [-0.2, 0) is 11.4 Å². The fraction of sp³-hybridized carbons (Fsp3) is 0.0588. The molecule has 26 heavy (non-hydrogen) atoms. The normalized spacial score (nSPS) is 15.5. The molecule has 0 saturated carbocycles. The van der Waals surface area contributed by atoms with Crippen molar-refractivity contribution in [3.8, 4) is 5.75 Å². The van der Waals surface area contributed by atoms with Crippen molar-refractivity contribution in [3.05, 3.63) is 66.5 Å². The van der Waals surface area contributed by atoms with E-state index in [1.807, 2.05) is 0 Å². The summed E-state index contributed by atoms with van der Waals surface area (Å²) in [6, 6.07) is 8.53. The van der Waals surface area contributed by atoms with Crippen molar-refractivity contribution in [3.63, 3.8) is 0 Å². The standard InChI is InChI=1S/C17H9Cl4NO2S2/c18-10-2-1-8(3-11(10)19)7-24-15-12(20)4-9(5-13(15)21)6-14-16(23)22-17(25)26-14/h1-6H,7H2,(H,22,23,25). The fourth-order valence-corrected chi connectivity index (χ4v) is 4.14. The Hall–Kier alpha value is -0.950. The zero-order valence-corrected chi connectivity index (χ0v) is 17.5. The molecule has 2 aromatic carbocycles. The topological polar surface area (TPSA) is 38.3 Å². The second-order valence-corrected chi connectivity index (χ2v) is 8.55. The van der Waals surface area contributed by atoms with Gasteiger partial charge in [-0.2, -0.15) is 0 Å². The number of hydrogen-bond donors (Lipinski definition) is 1. The average Bonchev–Trinajstić information content (AvgIpc) is 2.87. The number of hydrogen-bond acceptors (Lipinski definition) is 4. The molecular weight excluding hydrogens is 456 g/mol. The molecule has 2 aromatic rings. The van der Waals surface area contributed by atoms with Gasteiger partial charge in [-0.1, -0.05) is 76.4 Å². The lowest BCUT2D eigenvalue weighted by Gasteiger charge is -2.11. The van der Waals surface area contributed by atoms with Crippen molar-refractivity contribution in [1.82, 2.24) is 5.32 Å². The lowest BCUT2D eigenvalue weighted by molar-refractivity contribution is -0.115. The van der Waals surface area contributed by atoms with E-state index in [1.165, 1.54) is 11.8 Å². The number of carbonyl (C=O) groups excluding carboxylic acids is 1. The first-order valence-corrected chi connectivity index (χ1v) is 9.88. The molecule has 3 nitrogen and oxygen atoms in total. The molecule has 0 radical (unpaired) electrons. The highest BCUT2D eigenvalue weighted by Crippen LogP contribution is 2.36. The van der Waals surface area contributed by atoms with Crippen LogP contribution >= 0.6 is 70.4 Å². The van der Waals surface area contributed by atoms with Gasteiger partial charge >= 0.3 is 0 Å². The van der Waals surface area contributed by atoms with E-state index in [9.17, 15) is 4.79 Å². The number of carbonyl (C=O) groups is 1. The number of halogens is 4. The Bertz CT molecular complexity index is 923. The maximum absolute atomic E-state index is 11.7. The van der Waals surface area contributed by atoms with E-state index in [2.05, 4.69) is 5.32 Å². The minimum atomic E-state index is -0.243. The lowest BCUT2D eigenvalue weighted by atomic mass is 10.2. The fourth-order valence-electron chi connectivity index (χ4n) is 2.16. The van der Waals surface area contributed by atoms with E-state index >= 15 is 0 Å². The van der Waals surface area contributed by atoms with Gasteiger partial charge in [0.05, 0.1) is 25.0 Å². The van der Waals surface area contributed by atoms with Gasteiger partial charge in [-0.05, 0) is 41.5 Å². The van der Waals surface area contributed by atoms with Crippen LogP contribution in [0.4, 0.5) is 0 Å². The Morgan fingerprint density at radius 2 is 1.73 bits per heavy atom. The van der Waals surface area contributed by atoms with Crippen LogP contribution in [0.3, 0.4) is 0 Å². The van der Waals surface area contributed by atoms with Crippen molar-refractivity contribution in [1.29, 1.82) is 0 Å². The van der Waals surface area contributed by atoms with Gasteiger partial charge in [0.15, 0.2) is 5.75 Å². The quantitative estimate of drug-likeness (QED) is 0.421. The number of nitrogens with one attached hydrogen (secondary N) is 1. The first-order valence-electron chi connectivity index (χ1n) is 7.14. The molecule has 0 unspecified atom stereocenters. The Morgan fingerprint density at radius 1 is 1.04 bits per heavy atom. The molecular formula is C17H9Cl4NO2S2. The molecule has 0 aliphatic carbocycles. The first kappa shape index (κ1) is 19.8. The number of ether oxygens (including phenoxy) is 1. The molecule has 1 aliphatic rings. The Balaban J connectivity index is 1.79. The van der Waals surface area contributed by atoms with Crippen LogP contribution < -0.4 is 10.1 Å². The molecule has 1 saturated heterocycles. The molecule has 1 heterocycles. The Morgan fingerprint density at radius 3 is 2.31 bits per heavy atom. The summed E-state index contributed by atoms with van der Waals surface area (Å²) in [5, 5.41) is 4.12. The molecule has 1 aliphatic heterocycles. The molecule has 0 spiro atoms. The predicted octanol–water partition coefficient (Wildman–Crippen LogP) is 6.37. The SMILES string of the molecule is O=C1NC(=S)SC1=Cc1cc(Cl)c(OCc2ccc(Cl)c(Cl)c2)c(Cl)c1. The van der Waals surface area contributed by atoms with Gasteiger partial charge < -0.3 is 10.1 Å². The largest absolute Gasteiger partial charge is 0.486 e. The second kappa shape index (κ2) is 8.38. The highest BCUT2D eigenvalue weighted by Gasteiger charge is 2.22. The summed E-state index contributed by atoms with van der Waals surface area (Å²) in [5.74, 6) is 0.104. The first-order chi connectivity index (χ1) is 12.3. The van der Waals surface area contributed by atoms with Gasteiger partial charge in [0.1, 0.15) is 10.9 Å². The molecule has 1 N–H and O–H groups in total. The van der Waals surface area contributed by atoms with E-state index in [4.69, 9.17) is 63.4 Å². The van der Waals surface area contributed by atoms with Crippen LogP contribution in [0.2, 0.25) is 20.1 Å². The van der Waals surface area contributed by atoms with Gasteiger partial charge in [0.2, 0.25) is 0 Å². The van der Waals surface area contributed by atoms with Crippen molar-refractivity contribution in [2.24, 2.45) is 0 Å². The minimum absolute atomic E-state index is 0.225. The minimum Gasteiger partial charge on any atom is -0.486 e. The third-order valence-electron chi connectivity index (χ3n) is 3.33. The summed E-state index contributed by atoms with van der Waals surface area (Å²) in [6.07, 6.45) is 1.67. The van der Waals surface area contributed by atoms with Crippen LogP contribution in [0.25, 0.3) is 6.08 Å². The van der Waals surface area contributed by atoms with Crippen LogP contribution in [-0.4, -0.2) is 10.2 Å². The van der Waals surface area contributed by atoms with Crippen LogP contribution in [0, 0.1) is 0 Å². The molecule has 0 bridgehead atoms. The number of thiocarbonyl (C=S) groups is 1. The maximum atomic E-state index is 11.7. The zero-order valence-electron chi connectivity index (χ0n) is 12.8. The zero-order chi connectivity index (χ0) is 18.8. The molecule has 0 atom stereocenters. The molecule has 1 amide bonds. The van der Waals surface area contributed by atoms with Crippen LogP contribution in [0.5, 0.6) is 5.75 Å². The maximum Gasteiger partial charge on any atom is 0.263 e. The second-order valence-electron chi connectivity index (χ2n) is 5.20. The van der Waals surface area contributed by atoms with Crippen LogP contribution in [0.15, 0.2) is 35.2 Å². The molecule has 1 fully saturated rings. The predicted molar refractivity (Wildman–Crippen MR) is 114 cm³/mol. The monoisotopic (exact) mass is 463 g/mol. The van der Waals surface area contributed by atoms with Crippen LogP contribution in [0.1, 0.15) is 11.1 Å². The van der Waals surface area contributed by atoms with Gasteiger partial charge in [0, 0.05) is 0 Å². The van der Waals surface area contributed by atoms with E-state index in [1.54, 1.807) is 36.4 Å². The van der Waals surface area contributed by atoms with Gasteiger partial charge in [-0.25, -0.2) is 0 Å². The van der Waals surface area contributed by atoms with Crippen molar-refractivity contribution < 1.29 is 9.53 Å². The third kappa shape index (κ3) is 4.66. The van der Waals surface area contributed by atoms with Gasteiger partial charge in [-0.15, -0.1) is 0 Å². The van der Waals surface area contributed by atoms with Crippen molar-refractivity contribution in [2.75, 3.05) is 0 Å². The van der Waals surface area contributed by atoms with E-state index < -0.39 is 0 Å². The summed E-state index contributed by atoms with van der Waals surface area (Å²) >= 11 is 30.6. The van der Waals surface area contributed by atoms with E-state index in [0.29, 0.717) is 40.6 Å². The number of benzene rings is 2. The van der Waals surface area contributed by atoms with Gasteiger partial charge in [0.25, 0.3) is 5.91 Å². The molecule has 134 valence electrons. The Kier molecular flexibility index (Phi) is 6.38. The summed E-state index contributed by atoms with van der Waals surface area (Å²) < 4.78 is 6.14. The molecule has 9 heteroatoms. The van der Waals surface area contributed by atoms with E-state index in [0.717, 1.165) is 5.56 Å². The highest BCUT2D eigenvalue weighted by molar-refractivity contribution is 8.26. The average molecular weight is 465 g/mol. The van der Waals surface area contributed by atoms with E-state index in [-0.39, 0.29) is 12.5 Å². The summed E-state index contributed by atoms with van der Waals surface area (Å²) in [4.78, 5) is 12.2. The molecule has 0 aromatic heterocycles. The summed E-state index contributed by atoms with van der Waals surface area (Å²) in [6.45, 7) is 0.225. The number of rotatable bonds is 4. The lowest BCUT2D eigenvalue weighted by Crippen LogP contribution is -2.17.